The number of hydrogen-bond acceptors (Lipinski definition) is 2. The summed E-state index contributed by atoms with van der Waals surface area (Å²) in [5.41, 5.74) is 6.45. The number of H-pyrrole nitrogens is 1. The molecule has 1 amide bonds. The van der Waals surface area contributed by atoms with E-state index in [1.54, 1.807) is 0 Å². The molecule has 0 atom stereocenters. The zero-order valence-electron chi connectivity index (χ0n) is 14.5. The summed E-state index contributed by atoms with van der Waals surface area (Å²) in [7, 11) is 0. The highest BCUT2D eigenvalue weighted by atomic mass is 16.2. The Bertz CT molecular complexity index is 1190. The van der Waals surface area contributed by atoms with Gasteiger partial charge in [0.05, 0.1) is 5.69 Å². The van der Waals surface area contributed by atoms with Crippen LogP contribution in [-0.2, 0) is 4.79 Å². The van der Waals surface area contributed by atoms with E-state index in [1.807, 2.05) is 79.0 Å². The van der Waals surface area contributed by atoms with Crippen LogP contribution in [0.3, 0.4) is 0 Å². The second-order valence-corrected chi connectivity index (χ2v) is 6.55. The van der Waals surface area contributed by atoms with Gasteiger partial charge in [0, 0.05) is 45.2 Å². The van der Waals surface area contributed by atoms with Crippen molar-refractivity contribution in [3.05, 3.63) is 90.1 Å². The van der Waals surface area contributed by atoms with E-state index in [9.17, 15) is 4.79 Å². The van der Waals surface area contributed by atoms with E-state index in [-0.39, 0.29) is 5.91 Å². The molecule has 0 saturated carbocycles. The Morgan fingerprint density at radius 1 is 0.852 bits per heavy atom. The number of aromatic amines is 1. The minimum atomic E-state index is -0.0767. The van der Waals surface area contributed by atoms with Crippen molar-refractivity contribution in [2.24, 2.45) is 0 Å². The highest BCUT2D eigenvalue weighted by Gasteiger charge is 2.24. The lowest BCUT2D eigenvalue weighted by atomic mass is 10.0. The summed E-state index contributed by atoms with van der Waals surface area (Å²) in [6, 6.07) is 24.0. The zero-order chi connectivity index (χ0) is 18.2. The molecule has 0 bridgehead atoms. The molecule has 0 saturated heterocycles. The molecule has 2 heterocycles. The van der Waals surface area contributed by atoms with Crippen LogP contribution < -0.4 is 10.6 Å². The van der Waals surface area contributed by atoms with Crippen molar-refractivity contribution < 1.29 is 4.79 Å². The van der Waals surface area contributed by atoms with Gasteiger partial charge in [-0.05, 0) is 36.4 Å². The summed E-state index contributed by atoms with van der Waals surface area (Å²) >= 11 is 0. The van der Waals surface area contributed by atoms with Crippen LogP contribution >= 0.6 is 0 Å². The van der Waals surface area contributed by atoms with Crippen molar-refractivity contribution in [2.45, 2.75) is 0 Å². The fraction of sp³-hybridized carbons (Fsp3) is 0. The normalized spacial score (nSPS) is 14.4. The van der Waals surface area contributed by atoms with Crippen LogP contribution in [-0.4, -0.2) is 10.9 Å². The quantitative estimate of drug-likeness (QED) is 0.433. The maximum atomic E-state index is 12.6. The fourth-order valence-electron chi connectivity index (χ4n) is 3.47. The molecule has 0 spiro atoms. The van der Waals surface area contributed by atoms with Gasteiger partial charge < -0.3 is 15.6 Å². The van der Waals surface area contributed by atoms with Crippen LogP contribution in [0.4, 0.5) is 17.1 Å². The lowest BCUT2D eigenvalue weighted by Gasteiger charge is -2.08. The number of nitrogens with one attached hydrogen (secondary N) is 3. The van der Waals surface area contributed by atoms with Crippen molar-refractivity contribution in [1.29, 1.82) is 0 Å². The third-order valence-electron chi connectivity index (χ3n) is 4.79. The predicted molar refractivity (Wildman–Crippen MR) is 111 cm³/mol. The molecule has 3 aromatic carbocycles. The van der Waals surface area contributed by atoms with Crippen LogP contribution in [0, 0.1) is 0 Å². The van der Waals surface area contributed by atoms with Gasteiger partial charge in [0.15, 0.2) is 0 Å². The average Bonchev–Trinajstić information content (AvgIpc) is 3.24. The number of amides is 1. The van der Waals surface area contributed by atoms with E-state index < -0.39 is 0 Å². The number of rotatable bonds is 3. The number of aromatic nitrogens is 1. The number of benzene rings is 3. The smallest absolute Gasteiger partial charge is 0.256 e. The van der Waals surface area contributed by atoms with Crippen molar-refractivity contribution in [1.82, 2.24) is 4.98 Å². The van der Waals surface area contributed by atoms with Crippen LogP contribution in [0.5, 0.6) is 0 Å². The number of carbonyl (C=O) groups excluding carboxylic acids is 1. The van der Waals surface area contributed by atoms with Gasteiger partial charge in [0.2, 0.25) is 0 Å². The van der Waals surface area contributed by atoms with Gasteiger partial charge in [-0.15, -0.1) is 0 Å². The Balaban J connectivity index is 1.51. The molecule has 4 heteroatoms. The molecule has 5 rings (SSSR count). The van der Waals surface area contributed by atoms with Crippen LogP contribution in [0.2, 0.25) is 0 Å². The molecular formula is C23H17N3O. The van der Waals surface area contributed by atoms with Crippen molar-refractivity contribution in [3.8, 4) is 0 Å². The molecule has 4 nitrogen and oxygen atoms in total. The van der Waals surface area contributed by atoms with E-state index in [0.29, 0.717) is 5.57 Å². The van der Waals surface area contributed by atoms with Crippen LogP contribution in [0.1, 0.15) is 11.1 Å². The van der Waals surface area contributed by atoms with E-state index in [4.69, 9.17) is 0 Å². The van der Waals surface area contributed by atoms with Gasteiger partial charge in [-0.25, -0.2) is 0 Å². The minimum Gasteiger partial charge on any atom is -0.361 e. The number of fused-ring (bicyclic) bond motifs is 2. The summed E-state index contributed by atoms with van der Waals surface area (Å²) in [6.07, 6.45) is 3.89. The summed E-state index contributed by atoms with van der Waals surface area (Å²) in [5.74, 6) is -0.0767. The highest BCUT2D eigenvalue weighted by molar-refractivity contribution is 6.35. The monoisotopic (exact) mass is 351 g/mol. The summed E-state index contributed by atoms with van der Waals surface area (Å²) < 4.78 is 0. The number of hydrogen-bond donors (Lipinski definition) is 3. The van der Waals surface area contributed by atoms with Gasteiger partial charge in [0.1, 0.15) is 0 Å². The standard InChI is InChI=1S/C23H17N3O/c27-23-20(12-15-14-24-21-9-5-4-8-18(15)21)19-11-10-17(13-22(19)26-23)25-16-6-2-1-3-7-16/h1-14,24-25H,(H,26,27). The molecule has 4 aromatic rings. The first-order valence-electron chi connectivity index (χ1n) is 8.83. The SMILES string of the molecule is O=C1Nc2cc(Nc3ccccc3)ccc2C1=Cc1c[nH]c2ccccc12. The largest absolute Gasteiger partial charge is 0.361 e. The van der Waals surface area contributed by atoms with Gasteiger partial charge in [-0.3, -0.25) is 4.79 Å². The average molecular weight is 351 g/mol. The summed E-state index contributed by atoms with van der Waals surface area (Å²) in [5, 5.41) is 7.44. The summed E-state index contributed by atoms with van der Waals surface area (Å²) in [6.45, 7) is 0. The van der Waals surface area contributed by atoms with E-state index in [0.717, 1.165) is 39.1 Å². The lowest BCUT2D eigenvalue weighted by Crippen LogP contribution is -2.03. The first-order valence-corrected chi connectivity index (χ1v) is 8.83. The molecule has 27 heavy (non-hydrogen) atoms. The topological polar surface area (TPSA) is 56.9 Å². The van der Waals surface area contributed by atoms with Gasteiger partial charge in [-0.2, -0.15) is 0 Å². The molecule has 0 aliphatic carbocycles. The first-order chi connectivity index (χ1) is 13.3. The number of para-hydroxylation sites is 2. The lowest BCUT2D eigenvalue weighted by molar-refractivity contribution is -0.110. The molecule has 1 aromatic heterocycles. The van der Waals surface area contributed by atoms with E-state index in [2.05, 4.69) is 21.7 Å². The minimum absolute atomic E-state index is 0.0767. The maximum absolute atomic E-state index is 12.6. The third-order valence-corrected chi connectivity index (χ3v) is 4.79. The molecular weight excluding hydrogens is 334 g/mol. The maximum Gasteiger partial charge on any atom is 0.256 e. The molecule has 1 aliphatic rings. The van der Waals surface area contributed by atoms with Crippen molar-refractivity contribution in [2.75, 3.05) is 10.6 Å². The molecule has 0 fully saturated rings. The second-order valence-electron chi connectivity index (χ2n) is 6.55. The molecule has 3 N–H and O–H groups in total. The van der Waals surface area contributed by atoms with Crippen molar-refractivity contribution >= 4 is 45.5 Å². The van der Waals surface area contributed by atoms with E-state index in [1.165, 1.54) is 0 Å². The Kier molecular flexibility index (Phi) is 3.54. The van der Waals surface area contributed by atoms with Crippen molar-refractivity contribution in [3.63, 3.8) is 0 Å². The molecule has 1 aliphatic heterocycles. The fourth-order valence-corrected chi connectivity index (χ4v) is 3.47. The Labute approximate surface area is 156 Å². The summed E-state index contributed by atoms with van der Waals surface area (Å²) in [4.78, 5) is 15.8. The number of anilines is 3. The van der Waals surface area contributed by atoms with Gasteiger partial charge >= 0.3 is 0 Å². The molecule has 130 valence electrons. The Morgan fingerprint density at radius 3 is 2.56 bits per heavy atom. The molecule has 0 unspecified atom stereocenters. The van der Waals surface area contributed by atoms with Gasteiger partial charge in [-0.1, -0.05) is 42.5 Å². The third kappa shape index (κ3) is 2.77. The molecule has 0 radical (unpaired) electrons. The number of carbonyl (C=O) groups is 1. The first kappa shape index (κ1) is 15.5. The highest BCUT2D eigenvalue weighted by Crippen LogP contribution is 2.36. The van der Waals surface area contributed by atoms with Crippen LogP contribution in [0.15, 0.2) is 79.0 Å². The zero-order valence-corrected chi connectivity index (χ0v) is 14.5. The Hall–Kier alpha value is -3.79. The van der Waals surface area contributed by atoms with Gasteiger partial charge in [0.25, 0.3) is 5.91 Å². The Morgan fingerprint density at radius 2 is 1.67 bits per heavy atom. The second kappa shape index (κ2) is 6.18. The van der Waals surface area contributed by atoms with Crippen LogP contribution in [0.25, 0.3) is 22.6 Å². The predicted octanol–water partition coefficient (Wildman–Crippen LogP) is 5.40. The van der Waals surface area contributed by atoms with E-state index >= 15 is 0 Å².